The van der Waals surface area contributed by atoms with Gasteiger partial charge in [-0.3, -0.25) is 14.6 Å². The first-order valence-corrected chi connectivity index (χ1v) is 13.3. The highest BCUT2D eigenvalue weighted by atomic mass is 19.1. The Morgan fingerprint density at radius 1 is 1.20 bits per heavy atom. The number of nitrogens with two attached hydrogens (primary N) is 2. The number of ether oxygens (including phenoxy) is 2. The molecule has 0 aliphatic carbocycles. The van der Waals surface area contributed by atoms with E-state index in [1.165, 1.54) is 12.1 Å². The highest BCUT2D eigenvalue weighted by Gasteiger charge is 2.45. The average molecular weight is 559 g/mol. The van der Waals surface area contributed by atoms with E-state index in [9.17, 15) is 19.1 Å². The van der Waals surface area contributed by atoms with Gasteiger partial charge >= 0.3 is 0 Å². The maximum Gasteiger partial charge on any atom is 0.231 e. The number of benzene rings is 2. The summed E-state index contributed by atoms with van der Waals surface area (Å²) in [5, 5.41) is 12.3. The number of ketones is 1. The normalized spacial score (nSPS) is 17.5. The van der Waals surface area contributed by atoms with Gasteiger partial charge < -0.3 is 26.0 Å². The summed E-state index contributed by atoms with van der Waals surface area (Å²) in [4.78, 5) is 34.8. The smallest absolute Gasteiger partial charge is 0.231 e. The number of pyridine rings is 2. The third kappa shape index (κ3) is 5.36. The second-order valence-corrected chi connectivity index (χ2v) is 10.6. The number of halogens is 1. The molecule has 2 aromatic heterocycles. The van der Waals surface area contributed by atoms with E-state index in [-0.39, 0.29) is 37.5 Å². The first kappa shape index (κ1) is 28.1. The Balaban J connectivity index is 1.48. The molecule has 5 N–H and O–H groups in total. The number of fused-ring (bicyclic) bond motifs is 2. The fourth-order valence-corrected chi connectivity index (χ4v) is 4.89. The van der Waals surface area contributed by atoms with Crippen molar-refractivity contribution in [3.05, 3.63) is 83.4 Å². The van der Waals surface area contributed by atoms with E-state index < -0.39 is 22.7 Å². The van der Waals surface area contributed by atoms with E-state index in [1.807, 2.05) is 6.07 Å². The number of aliphatic hydroxyl groups is 1. The molecule has 0 radical (unpaired) electrons. The van der Waals surface area contributed by atoms with Gasteiger partial charge in [0.25, 0.3) is 0 Å². The lowest BCUT2D eigenvalue weighted by Crippen LogP contribution is -2.40. The number of nitrogens with zero attached hydrogens (tertiary/aromatic N) is 2. The Morgan fingerprint density at radius 2 is 1.95 bits per heavy atom. The molecule has 3 heterocycles. The summed E-state index contributed by atoms with van der Waals surface area (Å²) >= 11 is 0. The maximum atomic E-state index is 13.7. The van der Waals surface area contributed by atoms with Crippen molar-refractivity contribution in [2.75, 3.05) is 19.8 Å². The van der Waals surface area contributed by atoms with Gasteiger partial charge in [-0.2, -0.15) is 0 Å². The third-order valence-electron chi connectivity index (χ3n) is 7.49. The van der Waals surface area contributed by atoms with Crippen LogP contribution in [0.2, 0.25) is 0 Å². The molecule has 5 rings (SSSR count). The minimum atomic E-state index is -1.57. The van der Waals surface area contributed by atoms with Gasteiger partial charge in [-0.25, -0.2) is 9.37 Å². The van der Waals surface area contributed by atoms with Crippen LogP contribution in [0.5, 0.6) is 11.5 Å². The molecule has 0 fully saturated rings. The molecule has 0 unspecified atom stereocenters. The molecule has 9 nitrogen and oxygen atoms in total. The first-order valence-electron chi connectivity index (χ1n) is 13.3. The fraction of sp³-hybridized carbons (Fsp3) is 0.290. The number of Topliss-reactive ketones (excluding diaryl/α,β-unsaturated/α-hetero) is 1. The van der Waals surface area contributed by atoms with Crippen LogP contribution in [0.25, 0.3) is 22.2 Å². The van der Waals surface area contributed by atoms with Crippen LogP contribution in [0.3, 0.4) is 0 Å². The summed E-state index contributed by atoms with van der Waals surface area (Å²) in [5.41, 5.74) is 11.2. The number of carbonyl (C=O) groups is 2. The zero-order chi connectivity index (χ0) is 29.4. The molecule has 212 valence electrons. The summed E-state index contributed by atoms with van der Waals surface area (Å²) < 4.78 is 25.3. The molecule has 1 aliphatic rings. The summed E-state index contributed by atoms with van der Waals surface area (Å²) in [6.07, 6.45) is 1.66. The second-order valence-electron chi connectivity index (χ2n) is 10.6. The summed E-state index contributed by atoms with van der Waals surface area (Å²) in [5.74, 6) is -0.413. The number of hydrogen-bond donors (Lipinski definition) is 3. The number of aromatic nitrogens is 2. The lowest BCUT2D eigenvalue weighted by atomic mass is 9.81. The Kier molecular flexibility index (Phi) is 7.46. The van der Waals surface area contributed by atoms with Crippen LogP contribution in [-0.2, 0) is 15.8 Å². The molecule has 0 saturated carbocycles. The van der Waals surface area contributed by atoms with Crippen molar-refractivity contribution < 1.29 is 28.6 Å². The molecule has 2 aromatic carbocycles. The van der Waals surface area contributed by atoms with E-state index in [2.05, 4.69) is 9.97 Å². The van der Waals surface area contributed by atoms with Crippen molar-refractivity contribution >= 4 is 22.6 Å². The molecular formula is C31H31FN4O5. The van der Waals surface area contributed by atoms with Crippen molar-refractivity contribution in [3.8, 4) is 22.8 Å². The molecule has 0 saturated heterocycles. The third-order valence-corrected chi connectivity index (χ3v) is 7.49. The zero-order valence-electron chi connectivity index (χ0n) is 22.8. The molecular weight excluding hydrogens is 527 g/mol. The second kappa shape index (κ2) is 10.9. The molecule has 1 aliphatic heterocycles. The first-order chi connectivity index (χ1) is 19.5. The monoisotopic (exact) mass is 558 g/mol. The SMILES string of the molecule is C[C@](O)(CCC(=O)c1cc(OCCN)c2ncccc2c1)c1cc2c(c(-c3ccc(F)cc3)n1)OC[C@]2(C)C(N)=O. The number of rotatable bonds is 10. The zero-order valence-corrected chi connectivity index (χ0v) is 22.8. The Morgan fingerprint density at radius 3 is 2.66 bits per heavy atom. The highest BCUT2D eigenvalue weighted by Crippen LogP contribution is 2.46. The number of primary amides is 1. The topological polar surface area (TPSA) is 151 Å². The number of hydrogen-bond acceptors (Lipinski definition) is 8. The van der Waals surface area contributed by atoms with E-state index >= 15 is 0 Å². The van der Waals surface area contributed by atoms with Crippen molar-refractivity contribution in [1.29, 1.82) is 0 Å². The number of carbonyl (C=O) groups excluding carboxylic acids is 2. The van der Waals surface area contributed by atoms with Gasteiger partial charge in [-0.05, 0) is 68.8 Å². The van der Waals surface area contributed by atoms with E-state index in [0.717, 1.165) is 5.39 Å². The maximum absolute atomic E-state index is 13.7. The predicted octanol–water partition coefficient (Wildman–Crippen LogP) is 3.78. The minimum absolute atomic E-state index is 0.00298. The van der Waals surface area contributed by atoms with Gasteiger partial charge in [0.1, 0.15) is 52.8 Å². The van der Waals surface area contributed by atoms with E-state index in [4.69, 9.17) is 20.9 Å². The van der Waals surface area contributed by atoms with Crippen LogP contribution in [-0.4, -0.2) is 46.5 Å². The summed E-state index contributed by atoms with van der Waals surface area (Å²) in [7, 11) is 0. The van der Waals surface area contributed by atoms with Crippen LogP contribution in [0.15, 0.2) is 60.8 Å². The molecule has 10 heteroatoms. The molecule has 1 amide bonds. The lowest BCUT2D eigenvalue weighted by Gasteiger charge is -2.26. The van der Waals surface area contributed by atoms with Crippen LogP contribution in [0.4, 0.5) is 4.39 Å². The summed E-state index contributed by atoms with van der Waals surface area (Å²) in [6.45, 7) is 3.80. The van der Waals surface area contributed by atoms with Gasteiger partial charge in [0, 0.05) is 41.2 Å². The van der Waals surface area contributed by atoms with E-state index in [1.54, 1.807) is 56.4 Å². The van der Waals surface area contributed by atoms with Crippen LogP contribution < -0.4 is 20.9 Å². The number of amides is 1. The van der Waals surface area contributed by atoms with Crippen LogP contribution in [0, 0.1) is 5.82 Å². The Labute approximate surface area is 236 Å². The largest absolute Gasteiger partial charge is 0.490 e. The van der Waals surface area contributed by atoms with Gasteiger partial charge in [0.05, 0.1) is 5.69 Å². The Hall–Kier alpha value is -4.41. The van der Waals surface area contributed by atoms with Crippen LogP contribution >= 0.6 is 0 Å². The Bertz CT molecular complexity index is 1640. The van der Waals surface area contributed by atoms with Crippen molar-refractivity contribution in [2.45, 2.75) is 37.7 Å². The molecule has 2 atom stereocenters. The van der Waals surface area contributed by atoms with Gasteiger partial charge in [-0.1, -0.05) is 6.07 Å². The molecule has 41 heavy (non-hydrogen) atoms. The minimum Gasteiger partial charge on any atom is -0.490 e. The molecule has 0 bridgehead atoms. The standard InChI is InChI=1S/C31H31FN4O5/c1-30(29(34)38)17-41-28-22(30)16-25(36-27(28)18-5-7-21(32)8-6-18)31(2,39)10-9-23(37)20-14-19-4-3-12-35-26(19)24(15-20)40-13-11-33/h3-8,12,14-16,39H,9-11,13,17,33H2,1-2H3,(H2,34,38)/t30-,31-/m0/s1. The van der Waals surface area contributed by atoms with Gasteiger partial charge in [0.2, 0.25) is 5.91 Å². The van der Waals surface area contributed by atoms with Crippen molar-refractivity contribution in [2.24, 2.45) is 11.5 Å². The average Bonchev–Trinajstić information content (AvgIpc) is 3.32. The highest BCUT2D eigenvalue weighted by molar-refractivity contribution is 6.01. The van der Waals surface area contributed by atoms with Crippen molar-refractivity contribution in [3.63, 3.8) is 0 Å². The van der Waals surface area contributed by atoms with Gasteiger partial charge in [-0.15, -0.1) is 0 Å². The van der Waals surface area contributed by atoms with Crippen LogP contribution in [0.1, 0.15) is 48.3 Å². The summed E-state index contributed by atoms with van der Waals surface area (Å²) in [6, 6.07) is 14.3. The molecule has 0 spiro atoms. The quantitative estimate of drug-likeness (QED) is 0.249. The predicted molar refractivity (Wildman–Crippen MR) is 151 cm³/mol. The van der Waals surface area contributed by atoms with Crippen molar-refractivity contribution in [1.82, 2.24) is 9.97 Å². The fourth-order valence-electron chi connectivity index (χ4n) is 4.89. The van der Waals surface area contributed by atoms with E-state index in [0.29, 0.717) is 45.9 Å². The lowest BCUT2D eigenvalue weighted by molar-refractivity contribution is -0.123. The van der Waals surface area contributed by atoms with Gasteiger partial charge in [0.15, 0.2) is 5.78 Å². The molecule has 4 aromatic rings.